The van der Waals surface area contributed by atoms with Gasteiger partial charge in [0.15, 0.2) is 0 Å². The third-order valence-electron chi connectivity index (χ3n) is 4.08. The molecule has 0 aliphatic carbocycles. The number of likely N-dealkylation sites (tertiary alicyclic amines) is 1. The normalized spacial score (nSPS) is 20.0. The lowest BCUT2D eigenvalue weighted by atomic mass is 10.1. The van der Waals surface area contributed by atoms with Crippen LogP contribution >= 0.6 is 22.9 Å². The van der Waals surface area contributed by atoms with Gasteiger partial charge in [0, 0.05) is 12.2 Å². The van der Waals surface area contributed by atoms with E-state index in [2.05, 4.69) is 32.0 Å². The molecule has 2 aromatic rings. The molecule has 0 spiro atoms. The van der Waals surface area contributed by atoms with E-state index in [1.54, 1.807) is 23.5 Å². The summed E-state index contributed by atoms with van der Waals surface area (Å²) >= 11 is 7.51. The number of aromatic nitrogens is 1. The lowest BCUT2D eigenvalue weighted by Crippen LogP contribution is -2.41. The van der Waals surface area contributed by atoms with Crippen molar-refractivity contribution in [1.82, 2.24) is 9.88 Å². The van der Waals surface area contributed by atoms with Crippen molar-refractivity contribution in [2.75, 3.05) is 11.9 Å². The summed E-state index contributed by atoms with van der Waals surface area (Å²) in [5.74, 6) is 0.504. The Kier molecular flexibility index (Phi) is 4.76. The maximum absolute atomic E-state index is 12.5. The number of halogens is 1. The average Bonchev–Trinajstić information content (AvgIpc) is 3.19. The Morgan fingerprint density at radius 2 is 2.36 bits per heavy atom. The zero-order valence-electron chi connectivity index (χ0n) is 12.3. The number of pyridine rings is 1. The van der Waals surface area contributed by atoms with Crippen LogP contribution in [0.3, 0.4) is 0 Å². The summed E-state index contributed by atoms with van der Waals surface area (Å²) in [7, 11) is 0. The Labute approximate surface area is 139 Å². The molecule has 1 fully saturated rings. The van der Waals surface area contributed by atoms with E-state index in [-0.39, 0.29) is 11.9 Å². The van der Waals surface area contributed by atoms with E-state index in [1.807, 2.05) is 6.92 Å². The fourth-order valence-corrected chi connectivity index (χ4v) is 3.73. The van der Waals surface area contributed by atoms with Crippen LogP contribution in [0.1, 0.15) is 31.4 Å². The number of hydrogen-bond donors (Lipinski definition) is 1. The van der Waals surface area contributed by atoms with Crippen LogP contribution in [0.15, 0.2) is 35.2 Å². The van der Waals surface area contributed by atoms with E-state index >= 15 is 0 Å². The third kappa shape index (κ3) is 3.32. The second-order valence-electron chi connectivity index (χ2n) is 5.48. The van der Waals surface area contributed by atoms with Crippen molar-refractivity contribution < 1.29 is 4.79 Å². The van der Waals surface area contributed by atoms with Gasteiger partial charge in [0.1, 0.15) is 5.82 Å². The van der Waals surface area contributed by atoms with Gasteiger partial charge in [0.25, 0.3) is 0 Å². The van der Waals surface area contributed by atoms with Crippen LogP contribution in [0.25, 0.3) is 0 Å². The number of rotatable bonds is 4. The summed E-state index contributed by atoms with van der Waals surface area (Å²) in [6.07, 6.45) is 3.76. The molecule has 2 aromatic heterocycles. The lowest BCUT2D eigenvalue weighted by molar-refractivity contribution is -0.121. The number of nitrogens with zero attached hydrogens (tertiary/aromatic N) is 2. The Morgan fingerprint density at radius 1 is 1.50 bits per heavy atom. The Bertz CT molecular complexity index is 629. The molecule has 1 amide bonds. The Hall–Kier alpha value is -1.43. The van der Waals surface area contributed by atoms with Crippen LogP contribution in [0.5, 0.6) is 0 Å². The van der Waals surface area contributed by atoms with E-state index in [1.165, 1.54) is 11.8 Å². The smallest absolute Gasteiger partial charge is 0.242 e. The van der Waals surface area contributed by atoms with E-state index in [9.17, 15) is 4.79 Å². The van der Waals surface area contributed by atoms with Gasteiger partial charge in [-0.15, -0.1) is 0 Å². The summed E-state index contributed by atoms with van der Waals surface area (Å²) < 4.78 is 0. The molecule has 1 N–H and O–H groups in total. The van der Waals surface area contributed by atoms with Crippen LogP contribution in [0.2, 0.25) is 5.02 Å². The largest absolute Gasteiger partial charge is 0.309 e. The summed E-state index contributed by atoms with van der Waals surface area (Å²) in [6, 6.07) is 5.74. The number of thiophene rings is 1. The number of hydrogen-bond acceptors (Lipinski definition) is 4. The van der Waals surface area contributed by atoms with Gasteiger partial charge in [0.05, 0.1) is 11.1 Å². The number of carbonyl (C=O) groups excluding carboxylic acids is 1. The summed E-state index contributed by atoms with van der Waals surface area (Å²) in [6.45, 7) is 2.90. The van der Waals surface area contributed by atoms with Gasteiger partial charge in [-0.2, -0.15) is 11.3 Å². The second-order valence-corrected chi connectivity index (χ2v) is 6.70. The number of anilines is 1. The van der Waals surface area contributed by atoms with Crippen molar-refractivity contribution >= 4 is 34.7 Å². The van der Waals surface area contributed by atoms with Gasteiger partial charge in [-0.25, -0.2) is 4.98 Å². The predicted molar refractivity (Wildman–Crippen MR) is 90.3 cm³/mol. The van der Waals surface area contributed by atoms with Gasteiger partial charge < -0.3 is 5.32 Å². The topological polar surface area (TPSA) is 45.2 Å². The molecule has 22 heavy (non-hydrogen) atoms. The molecule has 2 atom stereocenters. The van der Waals surface area contributed by atoms with E-state index in [0.29, 0.717) is 16.9 Å². The summed E-state index contributed by atoms with van der Waals surface area (Å²) in [4.78, 5) is 18.9. The van der Waals surface area contributed by atoms with E-state index in [0.717, 1.165) is 19.4 Å². The molecular formula is C16H18ClN3OS. The quantitative estimate of drug-likeness (QED) is 0.919. The lowest BCUT2D eigenvalue weighted by Gasteiger charge is -2.29. The SMILES string of the molecule is C[C@H](C(=O)Nc1ccc(Cl)cn1)N1CCC[C@H]1c1ccsc1. The minimum Gasteiger partial charge on any atom is -0.309 e. The fraction of sp³-hybridized carbons (Fsp3) is 0.375. The van der Waals surface area contributed by atoms with Gasteiger partial charge >= 0.3 is 0 Å². The van der Waals surface area contributed by atoms with Crippen molar-refractivity contribution in [1.29, 1.82) is 0 Å². The number of nitrogens with one attached hydrogen (secondary N) is 1. The van der Waals surface area contributed by atoms with Crippen molar-refractivity contribution in [2.24, 2.45) is 0 Å². The first-order chi connectivity index (χ1) is 10.6. The highest BCUT2D eigenvalue weighted by Crippen LogP contribution is 2.34. The number of amides is 1. The van der Waals surface area contributed by atoms with Gasteiger partial charge in [0.2, 0.25) is 5.91 Å². The third-order valence-corrected chi connectivity index (χ3v) is 5.00. The number of carbonyl (C=O) groups is 1. The van der Waals surface area contributed by atoms with Gasteiger partial charge in [-0.1, -0.05) is 11.6 Å². The van der Waals surface area contributed by atoms with Crippen molar-refractivity contribution in [3.05, 3.63) is 45.7 Å². The second kappa shape index (κ2) is 6.77. The molecule has 1 aliphatic heterocycles. The molecule has 0 unspecified atom stereocenters. The summed E-state index contributed by atoms with van der Waals surface area (Å²) in [5.41, 5.74) is 1.31. The molecule has 116 valence electrons. The monoisotopic (exact) mass is 335 g/mol. The Balaban J connectivity index is 1.68. The van der Waals surface area contributed by atoms with Crippen molar-refractivity contribution in [2.45, 2.75) is 31.8 Å². The van der Waals surface area contributed by atoms with E-state index in [4.69, 9.17) is 11.6 Å². The van der Waals surface area contributed by atoms with Crippen LogP contribution < -0.4 is 5.32 Å². The molecule has 0 bridgehead atoms. The zero-order chi connectivity index (χ0) is 15.5. The van der Waals surface area contributed by atoms with Crippen LogP contribution in [0, 0.1) is 0 Å². The molecule has 3 rings (SSSR count). The van der Waals surface area contributed by atoms with Crippen LogP contribution in [-0.2, 0) is 4.79 Å². The van der Waals surface area contributed by atoms with E-state index < -0.39 is 0 Å². The molecule has 0 radical (unpaired) electrons. The zero-order valence-corrected chi connectivity index (χ0v) is 13.9. The van der Waals surface area contributed by atoms with Crippen LogP contribution in [-0.4, -0.2) is 28.4 Å². The first-order valence-corrected chi connectivity index (χ1v) is 8.67. The first kappa shape index (κ1) is 15.5. The first-order valence-electron chi connectivity index (χ1n) is 7.35. The predicted octanol–water partition coefficient (Wildman–Crippen LogP) is 3.96. The van der Waals surface area contributed by atoms with Gasteiger partial charge in [-0.05, 0) is 60.8 Å². The molecule has 6 heteroatoms. The standard InChI is InChI=1S/C16H18ClN3OS/c1-11(16(21)19-15-5-4-13(17)9-18-15)20-7-2-3-14(20)12-6-8-22-10-12/h4-6,8-11,14H,2-3,7H2,1H3,(H,18,19,21)/t11-,14+/m1/s1. The molecule has 0 aromatic carbocycles. The average molecular weight is 336 g/mol. The highest BCUT2D eigenvalue weighted by molar-refractivity contribution is 7.07. The molecular weight excluding hydrogens is 318 g/mol. The molecule has 0 saturated carbocycles. The molecule has 1 saturated heterocycles. The highest BCUT2D eigenvalue weighted by Gasteiger charge is 2.33. The maximum Gasteiger partial charge on any atom is 0.242 e. The maximum atomic E-state index is 12.5. The van der Waals surface area contributed by atoms with Crippen molar-refractivity contribution in [3.63, 3.8) is 0 Å². The fourth-order valence-electron chi connectivity index (χ4n) is 2.91. The molecule has 1 aliphatic rings. The minimum absolute atomic E-state index is 0.0306. The van der Waals surface area contributed by atoms with Crippen molar-refractivity contribution in [3.8, 4) is 0 Å². The Morgan fingerprint density at radius 3 is 3.05 bits per heavy atom. The van der Waals surface area contributed by atoms with Crippen LogP contribution in [0.4, 0.5) is 5.82 Å². The minimum atomic E-state index is -0.190. The highest BCUT2D eigenvalue weighted by atomic mass is 35.5. The summed E-state index contributed by atoms with van der Waals surface area (Å²) in [5, 5.41) is 7.69. The molecule has 3 heterocycles. The van der Waals surface area contributed by atoms with Gasteiger partial charge in [-0.3, -0.25) is 9.69 Å². The molecule has 4 nitrogen and oxygen atoms in total.